The molecule has 30 heavy (non-hydrogen) atoms. The number of aromatic nitrogens is 2. The van der Waals surface area contributed by atoms with E-state index < -0.39 is 17.2 Å². The molecule has 7 nitrogen and oxygen atoms in total. The van der Waals surface area contributed by atoms with Gasteiger partial charge < -0.3 is 19.3 Å². The van der Waals surface area contributed by atoms with Gasteiger partial charge in [0.15, 0.2) is 11.4 Å². The lowest BCUT2D eigenvalue weighted by Crippen LogP contribution is -2.50. The number of nitrogens with zero attached hydrogens (tertiary/aromatic N) is 4. The summed E-state index contributed by atoms with van der Waals surface area (Å²) in [6, 6.07) is 3.09. The van der Waals surface area contributed by atoms with Crippen molar-refractivity contribution in [2.45, 2.75) is 43.6 Å². The van der Waals surface area contributed by atoms with Crippen LogP contribution in [0.5, 0.6) is 5.75 Å². The fourth-order valence-corrected chi connectivity index (χ4v) is 4.79. The van der Waals surface area contributed by atoms with E-state index in [0.717, 1.165) is 6.07 Å². The van der Waals surface area contributed by atoms with Crippen LogP contribution >= 0.6 is 0 Å². The fraction of sp³-hybridized carbons (Fsp3) is 0.476. The first-order valence-corrected chi connectivity index (χ1v) is 10.1. The van der Waals surface area contributed by atoms with Crippen LogP contribution in [0.3, 0.4) is 0 Å². The Morgan fingerprint density at radius 1 is 1.10 bits per heavy atom. The molecule has 3 saturated heterocycles. The van der Waals surface area contributed by atoms with E-state index in [9.17, 15) is 13.6 Å². The van der Waals surface area contributed by atoms with Gasteiger partial charge in [0.2, 0.25) is 5.95 Å². The molecule has 3 fully saturated rings. The van der Waals surface area contributed by atoms with E-state index in [4.69, 9.17) is 9.47 Å². The van der Waals surface area contributed by atoms with Crippen LogP contribution in [0, 0.1) is 11.6 Å². The van der Waals surface area contributed by atoms with Gasteiger partial charge in [-0.1, -0.05) is 0 Å². The minimum absolute atomic E-state index is 0.0880. The molecule has 3 aliphatic heterocycles. The van der Waals surface area contributed by atoms with Crippen molar-refractivity contribution < 1.29 is 23.0 Å². The highest BCUT2D eigenvalue weighted by Gasteiger charge is 2.58. The first kappa shape index (κ1) is 19.2. The molecule has 1 aromatic heterocycles. The number of amides is 1. The number of hydrogen-bond donors (Lipinski definition) is 0. The van der Waals surface area contributed by atoms with Gasteiger partial charge in [-0.2, -0.15) is 0 Å². The van der Waals surface area contributed by atoms with Crippen LogP contribution in [-0.2, 0) is 9.53 Å². The lowest BCUT2D eigenvalue weighted by molar-refractivity contribution is -0.140. The number of carbonyl (C=O) groups excluding carboxylic acids is 1. The van der Waals surface area contributed by atoms with E-state index in [1.54, 1.807) is 24.4 Å². The molecule has 1 amide bonds. The first-order valence-electron chi connectivity index (χ1n) is 10.1. The molecule has 0 radical (unpaired) electrons. The van der Waals surface area contributed by atoms with Crippen LogP contribution < -0.4 is 9.64 Å². The highest BCUT2D eigenvalue weighted by molar-refractivity contribution is 5.88. The number of rotatable bonds is 3. The third kappa shape index (κ3) is 3.08. The number of anilines is 1. The Kier molecular flexibility index (Phi) is 4.57. The fourth-order valence-electron chi connectivity index (χ4n) is 4.79. The molecule has 2 aromatic rings. The summed E-state index contributed by atoms with van der Waals surface area (Å²) in [7, 11) is 1.56. The van der Waals surface area contributed by atoms with Crippen LogP contribution in [0.25, 0.3) is 0 Å². The van der Waals surface area contributed by atoms with Gasteiger partial charge in [0.05, 0.1) is 25.5 Å². The molecule has 0 bridgehead atoms. The smallest absolute Gasteiger partial charge is 0.257 e. The van der Waals surface area contributed by atoms with E-state index in [2.05, 4.69) is 9.97 Å². The molecule has 3 aliphatic rings. The molecule has 2 unspecified atom stereocenters. The molecule has 1 aromatic carbocycles. The molecule has 158 valence electrons. The summed E-state index contributed by atoms with van der Waals surface area (Å²) < 4.78 is 38.8. The van der Waals surface area contributed by atoms with E-state index in [1.807, 2.05) is 4.90 Å². The Morgan fingerprint density at radius 3 is 2.40 bits per heavy atom. The molecule has 5 rings (SSSR count). The number of carbonyl (C=O) groups is 1. The molecule has 0 saturated carbocycles. The quantitative estimate of drug-likeness (QED) is 0.767. The minimum Gasteiger partial charge on any atom is -0.494 e. The van der Waals surface area contributed by atoms with Crippen molar-refractivity contribution >= 4 is 11.9 Å². The Balaban J connectivity index is 1.32. The maximum absolute atomic E-state index is 13.7. The molecule has 9 heteroatoms. The third-order valence-electron chi connectivity index (χ3n) is 6.29. The van der Waals surface area contributed by atoms with Gasteiger partial charge in [-0.15, -0.1) is 0 Å². The summed E-state index contributed by atoms with van der Waals surface area (Å²) in [6.07, 6.45) is 5.18. The predicted octanol–water partition coefficient (Wildman–Crippen LogP) is 2.82. The van der Waals surface area contributed by atoms with Crippen LogP contribution in [0.15, 0.2) is 30.6 Å². The Labute approximate surface area is 172 Å². The van der Waals surface area contributed by atoms with Gasteiger partial charge in [-0.3, -0.25) is 4.79 Å². The van der Waals surface area contributed by atoms with Gasteiger partial charge in [-0.05, 0) is 30.5 Å². The number of piperidine rings is 1. The van der Waals surface area contributed by atoms with Crippen molar-refractivity contribution in [3.63, 3.8) is 0 Å². The maximum atomic E-state index is 13.7. The first-order chi connectivity index (χ1) is 14.5. The molecular formula is C21H22F2N4O3. The second-order valence-corrected chi connectivity index (χ2v) is 7.99. The van der Waals surface area contributed by atoms with Gasteiger partial charge in [0, 0.05) is 32.0 Å². The summed E-state index contributed by atoms with van der Waals surface area (Å²) in [4.78, 5) is 25.7. The van der Waals surface area contributed by atoms with Gasteiger partial charge in [0.1, 0.15) is 17.9 Å². The summed E-state index contributed by atoms with van der Waals surface area (Å²) in [5.74, 6) is -0.186. The normalized spacial score (nSPS) is 25.1. The lowest BCUT2D eigenvalue weighted by Gasteiger charge is -2.37. The van der Waals surface area contributed by atoms with Crippen LogP contribution in [0.4, 0.5) is 14.7 Å². The number of methoxy groups -OCH3 is 1. The SMILES string of the molecule is COc1cnc(N2CCC3(CC2)OC2CCC(c4cc(F)cc(F)c4)N2C3=O)nc1. The van der Waals surface area contributed by atoms with E-state index >= 15 is 0 Å². The van der Waals surface area contributed by atoms with Crippen LogP contribution in [0.2, 0.25) is 0 Å². The largest absolute Gasteiger partial charge is 0.494 e. The number of halogens is 2. The Hall–Kier alpha value is -2.81. The van der Waals surface area contributed by atoms with Gasteiger partial charge in [-0.25, -0.2) is 18.7 Å². The minimum atomic E-state index is -0.891. The molecule has 0 N–H and O–H groups in total. The van der Waals surface area contributed by atoms with Crippen molar-refractivity contribution in [2.24, 2.45) is 0 Å². The topological polar surface area (TPSA) is 67.8 Å². The van der Waals surface area contributed by atoms with Crippen LogP contribution in [-0.4, -0.2) is 52.8 Å². The Morgan fingerprint density at radius 2 is 1.77 bits per heavy atom. The molecule has 2 atom stereocenters. The average molecular weight is 416 g/mol. The Bertz CT molecular complexity index is 943. The number of fused-ring (bicyclic) bond motifs is 1. The van der Waals surface area contributed by atoms with E-state index in [1.165, 1.54) is 12.1 Å². The zero-order valence-corrected chi connectivity index (χ0v) is 16.6. The molecular weight excluding hydrogens is 394 g/mol. The predicted molar refractivity (Wildman–Crippen MR) is 103 cm³/mol. The van der Waals surface area contributed by atoms with Crippen molar-refractivity contribution in [3.05, 3.63) is 47.8 Å². The summed E-state index contributed by atoms with van der Waals surface area (Å²) in [5.41, 5.74) is -0.411. The number of ether oxygens (including phenoxy) is 2. The van der Waals surface area contributed by atoms with Crippen molar-refractivity contribution in [2.75, 3.05) is 25.1 Å². The molecule has 0 aliphatic carbocycles. The standard InChI is InChI=1S/C21H22F2N4O3/c1-29-16-11-24-20(25-12-16)26-6-4-21(5-7-26)19(28)27-17(2-3-18(27)30-21)13-8-14(22)10-15(23)9-13/h8-12,17-18H,2-7H2,1H3. The maximum Gasteiger partial charge on any atom is 0.257 e. The highest BCUT2D eigenvalue weighted by Crippen LogP contribution is 2.47. The van der Waals surface area contributed by atoms with Crippen molar-refractivity contribution in [1.82, 2.24) is 14.9 Å². The third-order valence-corrected chi connectivity index (χ3v) is 6.29. The molecule has 4 heterocycles. The monoisotopic (exact) mass is 416 g/mol. The number of hydrogen-bond acceptors (Lipinski definition) is 6. The summed E-state index contributed by atoms with van der Waals surface area (Å²) in [5, 5.41) is 0. The lowest BCUT2D eigenvalue weighted by atomic mass is 9.89. The highest BCUT2D eigenvalue weighted by atomic mass is 19.1. The van der Waals surface area contributed by atoms with Crippen LogP contribution in [0.1, 0.15) is 37.3 Å². The van der Waals surface area contributed by atoms with E-state index in [0.29, 0.717) is 56.0 Å². The van der Waals surface area contributed by atoms with Gasteiger partial charge >= 0.3 is 0 Å². The second kappa shape index (κ2) is 7.16. The van der Waals surface area contributed by atoms with Gasteiger partial charge in [0.25, 0.3) is 5.91 Å². The number of benzene rings is 1. The molecule has 1 spiro atoms. The van der Waals surface area contributed by atoms with E-state index in [-0.39, 0.29) is 18.2 Å². The zero-order chi connectivity index (χ0) is 20.9. The zero-order valence-electron chi connectivity index (χ0n) is 16.6. The van der Waals surface area contributed by atoms with Crippen molar-refractivity contribution in [1.29, 1.82) is 0 Å². The second-order valence-electron chi connectivity index (χ2n) is 7.99. The summed E-state index contributed by atoms with van der Waals surface area (Å²) >= 11 is 0. The average Bonchev–Trinajstić information content (AvgIpc) is 3.26. The van der Waals surface area contributed by atoms with Crippen molar-refractivity contribution in [3.8, 4) is 5.75 Å². The summed E-state index contributed by atoms with van der Waals surface area (Å²) in [6.45, 7) is 1.16.